The monoisotopic (exact) mass is 367 g/mol. The van der Waals surface area contributed by atoms with Crippen molar-refractivity contribution in [3.8, 4) is 5.75 Å². The Bertz CT molecular complexity index is 725. The van der Waals surface area contributed by atoms with Gasteiger partial charge < -0.3 is 20.3 Å². The molecular weight excluding hydrogens is 338 g/mol. The first kappa shape index (κ1) is 19.2. The van der Waals surface area contributed by atoms with Gasteiger partial charge in [0.2, 0.25) is 5.91 Å². The van der Waals surface area contributed by atoms with Crippen molar-refractivity contribution >= 4 is 17.3 Å². The second-order valence-corrected chi connectivity index (χ2v) is 6.88. The molecule has 1 aliphatic rings. The number of piperidine rings is 1. The number of amides is 1. The number of rotatable bonds is 8. The first-order valence-electron chi connectivity index (χ1n) is 9.74. The van der Waals surface area contributed by atoms with Crippen molar-refractivity contribution in [2.75, 3.05) is 37.0 Å². The van der Waals surface area contributed by atoms with Gasteiger partial charge in [0.05, 0.1) is 7.11 Å². The zero-order valence-electron chi connectivity index (χ0n) is 16.0. The molecule has 0 spiro atoms. The van der Waals surface area contributed by atoms with Crippen LogP contribution in [0.3, 0.4) is 0 Å². The third kappa shape index (κ3) is 5.73. The number of nitrogens with zero attached hydrogens (tertiary/aromatic N) is 1. The minimum Gasteiger partial charge on any atom is -0.496 e. The molecule has 0 radical (unpaired) electrons. The summed E-state index contributed by atoms with van der Waals surface area (Å²) in [5.41, 5.74) is 3.19. The van der Waals surface area contributed by atoms with E-state index >= 15 is 0 Å². The maximum atomic E-state index is 12.1. The van der Waals surface area contributed by atoms with E-state index in [9.17, 15) is 4.79 Å². The molecule has 1 saturated heterocycles. The van der Waals surface area contributed by atoms with Gasteiger partial charge in [-0.05, 0) is 49.6 Å². The maximum Gasteiger partial charge on any atom is 0.225 e. The topological polar surface area (TPSA) is 53.6 Å². The molecule has 1 amide bonds. The first-order valence-corrected chi connectivity index (χ1v) is 9.74. The Morgan fingerprint density at radius 2 is 1.78 bits per heavy atom. The van der Waals surface area contributed by atoms with Crippen LogP contribution in [0.5, 0.6) is 5.75 Å². The molecule has 5 nitrogen and oxygen atoms in total. The van der Waals surface area contributed by atoms with Crippen LogP contribution in [0.15, 0.2) is 48.5 Å². The SMILES string of the molecule is COc1ccccc1CNCCC(=O)Nc1ccc(N2CCCCC2)cc1. The number of hydrogen-bond acceptors (Lipinski definition) is 4. The molecule has 0 atom stereocenters. The molecule has 1 heterocycles. The van der Waals surface area contributed by atoms with E-state index in [2.05, 4.69) is 27.7 Å². The number of carbonyl (C=O) groups is 1. The lowest BCUT2D eigenvalue weighted by Gasteiger charge is -2.28. The Balaban J connectivity index is 1.40. The van der Waals surface area contributed by atoms with E-state index in [-0.39, 0.29) is 5.91 Å². The molecule has 0 bridgehead atoms. The van der Waals surface area contributed by atoms with E-state index in [0.29, 0.717) is 19.5 Å². The van der Waals surface area contributed by atoms with Crippen LogP contribution in [0.1, 0.15) is 31.2 Å². The number of nitrogens with one attached hydrogen (secondary N) is 2. The molecule has 144 valence electrons. The van der Waals surface area contributed by atoms with Crippen LogP contribution in [0.25, 0.3) is 0 Å². The van der Waals surface area contributed by atoms with Gasteiger partial charge in [-0.1, -0.05) is 18.2 Å². The summed E-state index contributed by atoms with van der Waals surface area (Å²) in [5, 5.41) is 6.27. The molecule has 2 aromatic rings. The standard InChI is InChI=1S/C22H29N3O2/c1-27-21-8-4-3-7-18(21)17-23-14-13-22(26)24-19-9-11-20(12-10-19)25-15-5-2-6-16-25/h3-4,7-12,23H,2,5-6,13-17H2,1H3,(H,24,26). The highest BCUT2D eigenvalue weighted by Gasteiger charge is 2.11. The average molecular weight is 367 g/mol. The van der Waals surface area contributed by atoms with E-state index in [1.165, 1.54) is 24.9 Å². The summed E-state index contributed by atoms with van der Waals surface area (Å²) in [4.78, 5) is 14.6. The highest BCUT2D eigenvalue weighted by atomic mass is 16.5. The van der Waals surface area contributed by atoms with E-state index in [4.69, 9.17) is 4.74 Å². The van der Waals surface area contributed by atoms with Gasteiger partial charge >= 0.3 is 0 Å². The Labute approximate surface area is 161 Å². The Kier molecular flexibility index (Phi) is 7.11. The Hall–Kier alpha value is -2.53. The molecule has 0 aliphatic carbocycles. The fourth-order valence-electron chi connectivity index (χ4n) is 3.41. The van der Waals surface area contributed by atoms with Crippen LogP contribution in [-0.4, -0.2) is 32.7 Å². The molecule has 1 aliphatic heterocycles. The molecule has 0 saturated carbocycles. The zero-order valence-corrected chi connectivity index (χ0v) is 16.0. The van der Waals surface area contributed by atoms with Crippen LogP contribution < -0.4 is 20.3 Å². The summed E-state index contributed by atoms with van der Waals surface area (Å²) >= 11 is 0. The molecule has 0 unspecified atom stereocenters. The van der Waals surface area contributed by atoms with Gasteiger partial charge in [-0.2, -0.15) is 0 Å². The lowest BCUT2D eigenvalue weighted by molar-refractivity contribution is -0.116. The van der Waals surface area contributed by atoms with E-state index in [1.54, 1.807) is 7.11 Å². The van der Waals surface area contributed by atoms with Crippen LogP contribution in [-0.2, 0) is 11.3 Å². The number of benzene rings is 2. The summed E-state index contributed by atoms with van der Waals surface area (Å²) in [7, 11) is 1.67. The fraction of sp³-hybridized carbons (Fsp3) is 0.409. The normalized spacial score (nSPS) is 14.0. The van der Waals surface area contributed by atoms with Crippen molar-refractivity contribution in [3.63, 3.8) is 0 Å². The van der Waals surface area contributed by atoms with Crippen molar-refractivity contribution in [3.05, 3.63) is 54.1 Å². The van der Waals surface area contributed by atoms with Crippen molar-refractivity contribution in [1.82, 2.24) is 5.32 Å². The number of methoxy groups -OCH3 is 1. The van der Waals surface area contributed by atoms with Crippen molar-refractivity contribution in [1.29, 1.82) is 0 Å². The van der Waals surface area contributed by atoms with Gasteiger partial charge in [0.15, 0.2) is 0 Å². The molecule has 3 rings (SSSR count). The van der Waals surface area contributed by atoms with Crippen LogP contribution in [0, 0.1) is 0 Å². The third-order valence-corrected chi connectivity index (χ3v) is 4.91. The maximum absolute atomic E-state index is 12.1. The van der Waals surface area contributed by atoms with Gasteiger partial charge in [-0.3, -0.25) is 4.79 Å². The average Bonchev–Trinajstić information content (AvgIpc) is 2.73. The number of para-hydroxylation sites is 1. The largest absolute Gasteiger partial charge is 0.496 e. The quantitative estimate of drug-likeness (QED) is 0.697. The lowest BCUT2D eigenvalue weighted by atomic mass is 10.1. The van der Waals surface area contributed by atoms with E-state index in [1.807, 2.05) is 36.4 Å². The summed E-state index contributed by atoms with van der Waals surface area (Å²) in [5.74, 6) is 0.886. The first-order chi connectivity index (χ1) is 13.3. The second kappa shape index (κ2) is 9.97. The minimum atomic E-state index is 0.0215. The molecule has 1 fully saturated rings. The highest BCUT2D eigenvalue weighted by molar-refractivity contribution is 5.91. The predicted molar refractivity (Wildman–Crippen MR) is 110 cm³/mol. The molecule has 27 heavy (non-hydrogen) atoms. The Morgan fingerprint density at radius 1 is 1.04 bits per heavy atom. The van der Waals surface area contributed by atoms with Crippen LogP contribution >= 0.6 is 0 Å². The zero-order chi connectivity index (χ0) is 18.9. The molecule has 2 aromatic carbocycles. The second-order valence-electron chi connectivity index (χ2n) is 6.88. The molecular formula is C22H29N3O2. The molecule has 2 N–H and O–H groups in total. The Morgan fingerprint density at radius 3 is 2.52 bits per heavy atom. The molecule has 5 heteroatoms. The van der Waals surface area contributed by atoms with E-state index in [0.717, 1.165) is 30.1 Å². The summed E-state index contributed by atoms with van der Waals surface area (Å²) in [6.45, 7) is 3.56. The highest BCUT2D eigenvalue weighted by Crippen LogP contribution is 2.22. The van der Waals surface area contributed by atoms with Crippen LogP contribution in [0.2, 0.25) is 0 Å². The molecule has 0 aromatic heterocycles. The van der Waals surface area contributed by atoms with Crippen molar-refractivity contribution in [2.45, 2.75) is 32.2 Å². The smallest absolute Gasteiger partial charge is 0.225 e. The van der Waals surface area contributed by atoms with Crippen molar-refractivity contribution < 1.29 is 9.53 Å². The number of anilines is 2. The number of hydrogen-bond donors (Lipinski definition) is 2. The van der Waals surface area contributed by atoms with Gasteiger partial charge in [-0.15, -0.1) is 0 Å². The lowest BCUT2D eigenvalue weighted by Crippen LogP contribution is -2.29. The van der Waals surface area contributed by atoms with Gasteiger partial charge in [-0.25, -0.2) is 0 Å². The minimum absolute atomic E-state index is 0.0215. The van der Waals surface area contributed by atoms with Gasteiger partial charge in [0.25, 0.3) is 0 Å². The summed E-state index contributed by atoms with van der Waals surface area (Å²) < 4.78 is 5.33. The van der Waals surface area contributed by atoms with Gasteiger partial charge in [0.1, 0.15) is 5.75 Å². The van der Waals surface area contributed by atoms with Crippen molar-refractivity contribution in [2.24, 2.45) is 0 Å². The van der Waals surface area contributed by atoms with E-state index < -0.39 is 0 Å². The fourth-order valence-corrected chi connectivity index (χ4v) is 3.41. The number of ether oxygens (including phenoxy) is 1. The summed E-state index contributed by atoms with van der Waals surface area (Å²) in [6, 6.07) is 16.1. The van der Waals surface area contributed by atoms with Crippen LogP contribution in [0.4, 0.5) is 11.4 Å². The third-order valence-electron chi connectivity index (χ3n) is 4.91. The predicted octanol–water partition coefficient (Wildman–Crippen LogP) is 3.80. The summed E-state index contributed by atoms with van der Waals surface area (Å²) in [6.07, 6.45) is 4.29. The number of carbonyl (C=O) groups excluding carboxylic acids is 1. The van der Waals surface area contributed by atoms with Gasteiger partial charge in [0, 0.05) is 49.5 Å².